The van der Waals surface area contributed by atoms with Crippen LogP contribution in [0.5, 0.6) is 0 Å². The maximum atomic E-state index is 10.4. The van der Waals surface area contributed by atoms with Crippen molar-refractivity contribution in [1.82, 2.24) is 5.32 Å². The number of carboxylic acid groups (broad SMARTS) is 1. The van der Waals surface area contributed by atoms with Crippen molar-refractivity contribution in [1.29, 1.82) is 0 Å². The van der Waals surface area contributed by atoms with Gasteiger partial charge in [-0.25, -0.2) is 0 Å². The Morgan fingerprint density at radius 2 is 2.27 bits per heavy atom. The summed E-state index contributed by atoms with van der Waals surface area (Å²) in [6.45, 7) is 1.88. The molecule has 0 radical (unpaired) electrons. The Hall–Kier alpha value is -0.650. The van der Waals surface area contributed by atoms with Crippen molar-refractivity contribution in [2.75, 3.05) is 26.4 Å². The van der Waals surface area contributed by atoms with Gasteiger partial charge in [-0.2, -0.15) is 0 Å². The maximum absolute atomic E-state index is 10.4. The molecule has 5 heteroatoms. The van der Waals surface area contributed by atoms with Gasteiger partial charge in [-0.1, -0.05) is 0 Å². The van der Waals surface area contributed by atoms with Gasteiger partial charge in [0, 0.05) is 6.61 Å². The van der Waals surface area contributed by atoms with Crippen molar-refractivity contribution in [3.63, 3.8) is 0 Å². The third-order valence-corrected chi connectivity index (χ3v) is 2.79. The summed E-state index contributed by atoms with van der Waals surface area (Å²) in [7, 11) is 0. The molecule has 0 aromatic carbocycles. The first-order valence-electron chi connectivity index (χ1n) is 5.40. The van der Waals surface area contributed by atoms with Gasteiger partial charge in [0.2, 0.25) is 0 Å². The zero-order chi connectivity index (χ0) is 10.7. The van der Waals surface area contributed by atoms with Gasteiger partial charge < -0.3 is 14.6 Å². The van der Waals surface area contributed by atoms with E-state index in [1.165, 1.54) is 12.8 Å². The number of hydrogen-bond acceptors (Lipinski definition) is 4. The van der Waals surface area contributed by atoms with Crippen LogP contribution >= 0.6 is 0 Å². The molecule has 2 aliphatic rings. The fourth-order valence-corrected chi connectivity index (χ4v) is 1.65. The second kappa shape index (κ2) is 4.92. The highest BCUT2D eigenvalue weighted by Crippen LogP contribution is 2.29. The molecule has 0 spiro atoms. The van der Waals surface area contributed by atoms with Crippen molar-refractivity contribution < 1.29 is 19.4 Å². The lowest BCUT2D eigenvalue weighted by atomic mass is 10.2. The van der Waals surface area contributed by atoms with Crippen LogP contribution in [-0.2, 0) is 14.3 Å². The highest BCUT2D eigenvalue weighted by Gasteiger charge is 2.31. The predicted molar refractivity (Wildman–Crippen MR) is 52.7 cm³/mol. The molecule has 0 bridgehead atoms. The number of carboxylic acids is 1. The molecule has 0 aromatic heterocycles. The van der Waals surface area contributed by atoms with Crippen LogP contribution in [0.15, 0.2) is 0 Å². The molecule has 2 rings (SSSR count). The number of aliphatic carboxylic acids is 1. The van der Waals surface area contributed by atoms with Crippen molar-refractivity contribution >= 4 is 5.97 Å². The van der Waals surface area contributed by atoms with E-state index in [4.69, 9.17) is 14.6 Å². The molecule has 5 nitrogen and oxygen atoms in total. The lowest BCUT2D eigenvalue weighted by molar-refractivity contribution is -0.136. The molecule has 0 amide bonds. The Morgan fingerprint density at radius 3 is 2.93 bits per heavy atom. The third-order valence-electron chi connectivity index (χ3n) is 2.79. The summed E-state index contributed by atoms with van der Waals surface area (Å²) in [5.74, 6) is -0.117. The second-order valence-electron chi connectivity index (χ2n) is 4.23. The van der Waals surface area contributed by atoms with E-state index in [1.807, 2.05) is 0 Å². The first-order chi connectivity index (χ1) is 7.25. The summed E-state index contributed by atoms with van der Waals surface area (Å²) in [5, 5.41) is 11.5. The van der Waals surface area contributed by atoms with Crippen molar-refractivity contribution in [3.05, 3.63) is 0 Å². The van der Waals surface area contributed by atoms with Gasteiger partial charge in [-0.3, -0.25) is 10.1 Å². The monoisotopic (exact) mass is 215 g/mol. The Bertz CT molecular complexity index is 229. The van der Waals surface area contributed by atoms with Crippen molar-refractivity contribution in [2.45, 2.75) is 25.0 Å². The Kier molecular flexibility index (Phi) is 3.56. The van der Waals surface area contributed by atoms with Gasteiger partial charge in [-0.05, 0) is 18.8 Å². The molecule has 2 N–H and O–H groups in total. The van der Waals surface area contributed by atoms with Gasteiger partial charge >= 0.3 is 5.97 Å². The quantitative estimate of drug-likeness (QED) is 0.645. The van der Waals surface area contributed by atoms with E-state index in [9.17, 15) is 4.79 Å². The van der Waals surface area contributed by atoms with Crippen LogP contribution in [0, 0.1) is 5.92 Å². The van der Waals surface area contributed by atoms with E-state index < -0.39 is 5.97 Å². The van der Waals surface area contributed by atoms with Gasteiger partial charge in [0.15, 0.2) is 0 Å². The smallest absolute Gasteiger partial charge is 0.317 e. The summed E-state index contributed by atoms with van der Waals surface area (Å²) < 4.78 is 11.0. The standard InChI is InChI=1S/C10H17NO4/c12-10(13)3-11-8-5-14-6-9(8)15-4-7-1-2-7/h7-9,11H,1-6H2,(H,12,13)/t8-,9+/m0/s1. The zero-order valence-corrected chi connectivity index (χ0v) is 8.65. The van der Waals surface area contributed by atoms with Crippen LogP contribution in [0.3, 0.4) is 0 Å². The third kappa shape index (κ3) is 3.44. The Morgan fingerprint density at radius 1 is 1.47 bits per heavy atom. The topological polar surface area (TPSA) is 67.8 Å². The van der Waals surface area contributed by atoms with E-state index in [-0.39, 0.29) is 18.7 Å². The van der Waals surface area contributed by atoms with Gasteiger partial charge in [-0.15, -0.1) is 0 Å². The molecule has 2 fully saturated rings. The lowest BCUT2D eigenvalue weighted by Gasteiger charge is -2.18. The molecule has 2 atom stereocenters. The summed E-state index contributed by atoms with van der Waals surface area (Å²) in [5.41, 5.74) is 0. The minimum Gasteiger partial charge on any atom is -0.480 e. The zero-order valence-electron chi connectivity index (χ0n) is 8.65. The number of carbonyl (C=O) groups is 1. The van der Waals surface area contributed by atoms with E-state index in [0.717, 1.165) is 12.5 Å². The van der Waals surface area contributed by atoms with E-state index in [1.54, 1.807) is 0 Å². The normalized spacial score (nSPS) is 30.7. The van der Waals surface area contributed by atoms with Crippen molar-refractivity contribution in [3.8, 4) is 0 Å². The Labute approximate surface area is 88.7 Å². The van der Waals surface area contributed by atoms with E-state index >= 15 is 0 Å². The number of hydrogen-bond donors (Lipinski definition) is 2. The molecule has 0 aromatic rings. The maximum Gasteiger partial charge on any atom is 0.317 e. The minimum absolute atomic E-state index is 0.0185. The molecule has 86 valence electrons. The predicted octanol–water partition coefficient (Wildman–Crippen LogP) is -0.145. The van der Waals surface area contributed by atoms with Gasteiger partial charge in [0.1, 0.15) is 0 Å². The largest absolute Gasteiger partial charge is 0.480 e. The second-order valence-corrected chi connectivity index (χ2v) is 4.23. The van der Waals surface area contributed by atoms with Crippen LogP contribution in [-0.4, -0.2) is 49.6 Å². The Balaban J connectivity index is 1.68. The van der Waals surface area contributed by atoms with E-state index in [2.05, 4.69) is 5.32 Å². The molecule has 1 saturated heterocycles. The fraction of sp³-hybridized carbons (Fsp3) is 0.900. The highest BCUT2D eigenvalue weighted by atomic mass is 16.5. The fourth-order valence-electron chi connectivity index (χ4n) is 1.65. The van der Waals surface area contributed by atoms with Crippen molar-refractivity contribution in [2.24, 2.45) is 5.92 Å². The van der Waals surface area contributed by atoms with Crippen LogP contribution < -0.4 is 5.32 Å². The average Bonchev–Trinajstić information content (AvgIpc) is 2.92. The summed E-state index contributed by atoms with van der Waals surface area (Å²) >= 11 is 0. The molecule has 0 unspecified atom stereocenters. The molecular formula is C10H17NO4. The SMILES string of the molecule is O=C(O)CN[C@H]1COC[C@H]1OCC1CC1. The summed E-state index contributed by atoms with van der Waals surface area (Å²) in [6, 6.07) is 0.0276. The lowest BCUT2D eigenvalue weighted by Crippen LogP contribution is -2.43. The number of ether oxygens (including phenoxy) is 2. The van der Waals surface area contributed by atoms with Crippen LogP contribution in [0.1, 0.15) is 12.8 Å². The first-order valence-corrected chi connectivity index (χ1v) is 5.40. The van der Waals surface area contributed by atoms with Gasteiger partial charge in [0.25, 0.3) is 0 Å². The molecule has 15 heavy (non-hydrogen) atoms. The molecule has 1 aliphatic heterocycles. The molecule has 1 saturated carbocycles. The summed E-state index contributed by atoms with van der Waals surface area (Å²) in [4.78, 5) is 10.4. The molecular weight excluding hydrogens is 198 g/mol. The first kappa shape index (κ1) is 10.9. The molecule has 1 heterocycles. The molecule has 1 aliphatic carbocycles. The van der Waals surface area contributed by atoms with Gasteiger partial charge in [0.05, 0.1) is 31.9 Å². The van der Waals surface area contributed by atoms with Crippen LogP contribution in [0.25, 0.3) is 0 Å². The highest BCUT2D eigenvalue weighted by molar-refractivity contribution is 5.69. The minimum atomic E-state index is -0.845. The number of nitrogens with one attached hydrogen (secondary N) is 1. The van der Waals surface area contributed by atoms with Crippen LogP contribution in [0.4, 0.5) is 0 Å². The number of rotatable bonds is 6. The summed E-state index contributed by atoms with van der Waals surface area (Å²) in [6.07, 6.45) is 2.55. The average molecular weight is 215 g/mol. The van der Waals surface area contributed by atoms with Crippen LogP contribution in [0.2, 0.25) is 0 Å². The van der Waals surface area contributed by atoms with E-state index in [0.29, 0.717) is 13.2 Å².